The molecule has 0 atom stereocenters. The molecule has 0 amide bonds. The average Bonchev–Trinajstić information content (AvgIpc) is 2.24. The van der Waals surface area contributed by atoms with Crippen LogP contribution < -0.4 is 16.2 Å². The number of nitrogens with one attached hydrogen (secondary N) is 3. The quantitative estimate of drug-likeness (QED) is 0.529. The first-order valence-electron chi connectivity index (χ1n) is 5.74. The molecule has 100 valence electrons. The van der Waals surface area contributed by atoms with Gasteiger partial charge in [-0.05, 0) is 46.2 Å². The minimum atomic E-state index is 0.518. The summed E-state index contributed by atoms with van der Waals surface area (Å²) in [7, 11) is 4.03. The number of aromatic nitrogens is 2. The zero-order valence-corrected chi connectivity index (χ0v) is 12.1. The molecular formula is C11H20N6S. The van der Waals surface area contributed by atoms with Gasteiger partial charge >= 0.3 is 0 Å². The minimum absolute atomic E-state index is 0.518. The van der Waals surface area contributed by atoms with E-state index in [0.717, 1.165) is 24.5 Å². The summed E-state index contributed by atoms with van der Waals surface area (Å²) in [6, 6.07) is 1.92. The molecule has 0 fully saturated rings. The maximum atomic E-state index is 5.11. The van der Waals surface area contributed by atoms with Crippen LogP contribution in [0.15, 0.2) is 6.07 Å². The summed E-state index contributed by atoms with van der Waals surface area (Å²) in [5, 5.41) is 3.60. The van der Waals surface area contributed by atoms with Gasteiger partial charge in [-0.1, -0.05) is 0 Å². The van der Waals surface area contributed by atoms with Crippen LogP contribution in [0.2, 0.25) is 0 Å². The van der Waals surface area contributed by atoms with Crippen molar-refractivity contribution in [1.82, 2.24) is 25.6 Å². The second-order valence-electron chi connectivity index (χ2n) is 4.28. The molecule has 0 unspecified atom stereocenters. The van der Waals surface area contributed by atoms with E-state index in [1.165, 1.54) is 0 Å². The number of hydrogen-bond donors (Lipinski definition) is 3. The van der Waals surface area contributed by atoms with Crippen LogP contribution >= 0.6 is 12.2 Å². The van der Waals surface area contributed by atoms with E-state index in [1.807, 2.05) is 34.0 Å². The first kappa shape index (κ1) is 14.6. The summed E-state index contributed by atoms with van der Waals surface area (Å²) in [6.45, 7) is 5.55. The summed E-state index contributed by atoms with van der Waals surface area (Å²) in [5.41, 5.74) is 7.56. The van der Waals surface area contributed by atoms with Crippen molar-refractivity contribution in [3.63, 3.8) is 0 Å². The van der Waals surface area contributed by atoms with E-state index in [-0.39, 0.29) is 0 Å². The summed E-state index contributed by atoms with van der Waals surface area (Å²) in [4.78, 5) is 10.5. The predicted molar refractivity (Wildman–Crippen MR) is 77.4 cm³/mol. The van der Waals surface area contributed by atoms with Crippen LogP contribution in [0.4, 0.5) is 5.95 Å². The molecule has 1 rings (SSSR count). The van der Waals surface area contributed by atoms with E-state index >= 15 is 0 Å². The lowest BCUT2D eigenvalue weighted by Gasteiger charge is -2.14. The molecule has 0 saturated carbocycles. The smallest absolute Gasteiger partial charge is 0.242 e. The van der Waals surface area contributed by atoms with Gasteiger partial charge in [0.2, 0.25) is 5.95 Å². The number of hydrogen-bond acceptors (Lipinski definition) is 5. The van der Waals surface area contributed by atoms with Crippen LogP contribution in [0.3, 0.4) is 0 Å². The van der Waals surface area contributed by atoms with Crippen molar-refractivity contribution in [2.24, 2.45) is 0 Å². The van der Waals surface area contributed by atoms with Gasteiger partial charge in [0.25, 0.3) is 0 Å². The molecule has 1 heterocycles. The number of aryl methyl sites for hydroxylation is 2. The number of thiocarbonyl (C=S) groups is 1. The third kappa shape index (κ3) is 5.74. The van der Waals surface area contributed by atoms with Crippen molar-refractivity contribution in [2.75, 3.05) is 32.6 Å². The standard InChI is InChI=1S/C11H20N6S/c1-8-7-9(2)14-10(13-8)15-16-11(18)12-5-6-17(3)4/h7H,5-6H2,1-4H3,(H2,12,16,18)(H,13,14,15). The van der Waals surface area contributed by atoms with E-state index in [2.05, 4.69) is 31.0 Å². The van der Waals surface area contributed by atoms with Crippen LogP contribution in [-0.2, 0) is 0 Å². The van der Waals surface area contributed by atoms with Gasteiger partial charge < -0.3 is 10.2 Å². The minimum Gasteiger partial charge on any atom is -0.360 e. The van der Waals surface area contributed by atoms with Gasteiger partial charge in [0, 0.05) is 24.5 Å². The van der Waals surface area contributed by atoms with Crippen LogP contribution in [0.5, 0.6) is 0 Å². The largest absolute Gasteiger partial charge is 0.360 e. The Kier molecular flexibility index (Phi) is 5.73. The molecule has 0 aliphatic heterocycles. The normalized spacial score (nSPS) is 10.3. The molecule has 0 saturated heterocycles. The Morgan fingerprint density at radius 1 is 1.28 bits per heavy atom. The van der Waals surface area contributed by atoms with E-state index in [4.69, 9.17) is 12.2 Å². The number of rotatable bonds is 5. The zero-order chi connectivity index (χ0) is 13.5. The predicted octanol–water partition coefficient (Wildman–Crippen LogP) is 0.446. The topological polar surface area (TPSA) is 65.1 Å². The van der Waals surface area contributed by atoms with Crippen molar-refractivity contribution in [3.8, 4) is 0 Å². The molecule has 0 radical (unpaired) electrons. The molecule has 1 aromatic rings. The Bertz CT molecular complexity index is 386. The molecule has 0 aliphatic rings. The fraction of sp³-hybridized carbons (Fsp3) is 0.545. The molecule has 0 bridgehead atoms. The molecule has 3 N–H and O–H groups in total. The van der Waals surface area contributed by atoms with Crippen molar-refractivity contribution in [2.45, 2.75) is 13.8 Å². The maximum absolute atomic E-state index is 5.11. The number of likely N-dealkylation sites (N-methyl/N-ethyl adjacent to an activating group) is 1. The lowest BCUT2D eigenvalue weighted by Crippen LogP contribution is -2.41. The second kappa shape index (κ2) is 7.07. The van der Waals surface area contributed by atoms with E-state index in [1.54, 1.807) is 0 Å². The Labute approximate surface area is 113 Å². The Balaban J connectivity index is 2.33. The zero-order valence-electron chi connectivity index (χ0n) is 11.2. The fourth-order valence-corrected chi connectivity index (χ4v) is 1.48. The highest BCUT2D eigenvalue weighted by molar-refractivity contribution is 7.80. The van der Waals surface area contributed by atoms with Gasteiger partial charge in [0.1, 0.15) is 0 Å². The summed E-state index contributed by atoms with van der Waals surface area (Å²) >= 11 is 5.11. The summed E-state index contributed by atoms with van der Waals surface area (Å²) in [5.74, 6) is 0.518. The van der Waals surface area contributed by atoms with Gasteiger partial charge in [-0.2, -0.15) is 0 Å². The molecule has 0 spiro atoms. The van der Waals surface area contributed by atoms with E-state index in [0.29, 0.717) is 11.1 Å². The first-order valence-corrected chi connectivity index (χ1v) is 6.15. The van der Waals surface area contributed by atoms with Crippen molar-refractivity contribution >= 4 is 23.3 Å². The van der Waals surface area contributed by atoms with Crippen LogP contribution in [0, 0.1) is 13.8 Å². The highest BCUT2D eigenvalue weighted by Gasteiger charge is 2.00. The second-order valence-corrected chi connectivity index (χ2v) is 4.69. The molecule has 0 aliphatic carbocycles. The average molecular weight is 268 g/mol. The maximum Gasteiger partial charge on any atom is 0.242 e. The fourth-order valence-electron chi connectivity index (χ4n) is 1.33. The van der Waals surface area contributed by atoms with Gasteiger partial charge in [0.15, 0.2) is 5.11 Å². The summed E-state index contributed by atoms with van der Waals surface area (Å²) in [6.07, 6.45) is 0. The van der Waals surface area contributed by atoms with Crippen molar-refractivity contribution in [3.05, 3.63) is 17.5 Å². The molecule has 1 aromatic heterocycles. The van der Waals surface area contributed by atoms with Gasteiger partial charge in [-0.15, -0.1) is 0 Å². The van der Waals surface area contributed by atoms with Gasteiger partial charge in [-0.3, -0.25) is 10.9 Å². The van der Waals surface area contributed by atoms with Crippen LogP contribution in [-0.4, -0.2) is 47.2 Å². The molecule has 18 heavy (non-hydrogen) atoms. The molecular weight excluding hydrogens is 248 g/mol. The molecule has 0 aromatic carbocycles. The summed E-state index contributed by atoms with van der Waals surface area (Å²) < 4.78 is 0. The first-order chi connectivity index (χ1) is 8.47. The number of hydrazine groups is 1. The highest BCUT2D eigenvalue weighted by atomic mass is 32.1. The molecule has 7 heteroatoms. The third-order valence-electron chi connectivity index (χ3n) is 2.11. The lowest BCUT2D eigenvalue weighted by molar-refractivity contribution is 0.412. The number of nitrogens with zero attached hydrogens (tertiary/aromatic N) is 3. The lowest BCUT2D eigenvalue weighted by atomic mass is 10.4. The van der Waals surface area contributed by atoms with Crippen molar-refractivity contribution < 1.29 is 0 Å². The number of anilines is 1. The Hall–Kier alpha value is -1.47. The van der Waals surface area contributed by atoms with Crippen LogP contribution in [0.1, 0.15) is 11.4 Å². The highest BCUT2D eigenvalue weighted by Crippen LogP contribution is 2.01. The van der Waals surface area contributed by atoms with Crippen molar-refractivity contribution in [1.29, 1.82) is 0 Å². The van der Waals surface area contributed by atoms with Gasteiger partial charge in [0.05, 0.1) is 0 Å². The SMILES string of the molecule is Cc1cc(C)nc(NNC(=S)NCCN(C)C)n1. The third-order valence-corrected chi connectivity index (χ3v) is 2.36. The van der Waals surface area contributed by atoms with Gasteiger partial charge in [-0.25, -0.2) is 9.97 Å². The van der Waals surface area contributed by atoms with E-state index in [9.17, 15) is 0 Å². The molecule has 6 nitrogen and oxygen atoms in total. The Morgan fingerprint density at radius 2 is 1.89 bits per heavy atom. The van der Waals surface area contributed by atoms with E-state index < -0.39 is 0 Å². The van der Waals surface area contributed by atoms with Crippen LogP contribution in [0.25, 0.3) is 0 Å². The monoisotopic (exact) mass is 268 g/mol. The Morgan fingerprint density at radius 3 is 2.44 bits per heavy atom.